The van der Waals surface area contributed by atoms with Crippen molar-refractivity contribution in [3.05, 3.63) is 12.4 Å². The maximum Gasteiger partial charge on any atom is 0.139 e. The van der Waals surface area contributed by atoms with Gasteiger partial charge in [-0.1, -0.05) is 20.4 Å². The lowest BCUT2D eigenvalue weighted by Crippen LogP contribution is -2.29. The number of amidine groups is 1. The van der Waals surface area contributed by atoms with Crippen LogP contribution >= 0.6 is 0 Å². The predicted octanol–water partition coefficient (Wildman–Crippen LogP) is 1.01. The number of aliphatic imine (C=N–C) groups is 1. The number of hydrogen-bond acceptors (Lipinski definition) is 3. The van der Waals surface area contributed by atoms with E-state index in [-0.39, 0.29) is 0 Å². The zero-order valence-corrected chi connectivity index (χ0v) is 6.44. The summed E-state index contributed by atoms with van der Waals surface area (Å²) in [6.45, 7) is 7.97. The highest BCUT2D eigenvalue weighted by atomic mass is 15.5. The van der Waals surface area contributed by atoms with Crippen LogP contribution in [0.5, 0.6) is 0 Å². The molecule has 1 aliphatic rings. The van der Waals surface area contributed by atoms with E-state index >= 15 is 0 Å². The molecular weight excluding hydrogens is 126 g/mol. The molecule has 0 bridgehead atoms. The fraction of sp³-hybridized carbons (Fsp3) is 0.571. The van der Waals surface area contributed by atoms with Crippen molar-refractivity contribution in [1.29, 1.82) is 0 Å². The van der Waals surface area contributed by atoms with Crippen LogP contribution in [0, 0.1) is 5.92 Å². The summed E-state index contributed by atoms with van der Waals surface area (Å²) in [5.41, 5.74) is 5.76. The van der Waals surface area contributed by atoms with Gasteiger partial charge in [0.15, 0.2) is 0 Å². The Morgan fingerprint density at radius 3 is 2.60 bits per heavy atom. The summed E-state index contributed by atoms with van der Waals surface area (Å²) in [6, 6.07) is 0. The normalized spacial score (nSPS) is 16.7. The Labute approximate surface area is 61.2 Å². The molecule has 10 heavy (non-hydrogen) atoms. The van der Waals surface area contributed by atoms with E-state index in [1.807, 2.05) is 0 Å². The molecule has 3 nitrogen and oxygen atoms in total. The third kappa shape index (κ3) is 1.76. The summed E-state index contributed by atoms with van der Waals surface area (Å²) in [5.74, 6) is 2.33. The topological polar surface area (TPSA) is 36.4 Å². The maximum absolute atomic E-state index is 4.13. The number of nitrogens with zero attached hydrogens (tertiary/aromatic N) is 1. The van der Waals surface area contributed by atoms with Crippen LogP contribution in [0.15, 0.2) is 17.4 Å². The SMILES string of the molecule is C=C1N=C(CC(C)C)NN1. The van der Waals surface area contributed by atoms with Gasteiger partial charge in [0.1, 0.15) is 11.7 Å². The zero-order chi connectivity index (χ0) is 7.56. The van der Waals surface area contributed by atoms with E-state index in [9.17, 15) is 0 Å². The van der Waals surface area contributed by atoms with Crippen molar-refractivity contribution in [1.82, 2.24) is 10.9 Å². The van der Waals surface area contributed by atoms with Gasteiger partial charge in [0.2, 0.25) is 0 Å². The van der Waals surface area contributed by atoms with Gasteiger partial charge in [-0.2, -0.15) is 0 Å². The molecule has 0 saturated heterocycles. The second-order valence-electron chi connectivity index (χ2n) is 2.85. The Balaban J connectivity index is 2.43. The van der Waals surface area contributed by atoms with E-state index < -0.39 is 0 Å². The Morgan fingerprint density at radius 1 is 1.50 bits per heavy atom. The molecule has 0 aliphatic carbocycles. The molecule has 3 heteroatoms. The van der Waals surface area contributed by atoms with Gasteiger partial charge in [-0.25, -0.2) is 4.99 Å². The number of nitrogens with one attached hydrogen (secondary N) is 2. The second-order valence-corrected chi connectivity index (χ2v) is 2.85. The van der Waals surface area contributed by atoms with E-state index in [2.05, 4.69) is 36.3 Å². The van der Waals surface area contributed by atoms with E-state index in [0.717, 1.165) is 12.3 Å². The monoisotopic (exact) mass is 139 g/mol. The van der Waals surface area contributed by atoms with Crippen LogP contribution in [-0.2, 0) is 0 Å². The highest BCUT2D eigenvalue weighted by Crippen LogP contribution is 2.04. The van der Waals surface area contributed by atoms with Gasteiger partial charge in [0, 0.05) is 6.42 Å². The molecule has 0 aromatic heterocycles. The van der Waals surface area contributed by atoms with E-state index in [1.165, 1.54) is 0 Å². The average Bonchev–Trinajstić information content (AvgIpc) is 2.13. The third-order valence-corrected chi connectivity index (χ3v) is 1.22. The summed E-state index contributed by atoms with van der Waals surface area (Å²) in [6.07, 6.45) is 0.978. The molecule has 0 aromatic rings. The van der Waals surface area contributed by atoms with E-state index in [1.54, 1.807) is 0 Å². The lowest BCUT2D eigenvalue weighted by Gasteiger charge is -2.03. The Hall–Kier alpha value is -0.990. The molecule has 0 saturated carbocycles. The van der Waals surface area contributed by atoms with Crippen LogP contribution in [0.25, 0.3) is 0 Å². The third-order valence-electron chi connectivity index (χ3n) is 1.22. The van der Waals surface area contributed by atoms with Crippen molar-refractivity contribution in [3.8, 4) is 0 Å². The van der Waals surface area contributed by atoms with Crippen LogP contribution in [0.4, 0.5) is 0 Å². The minimum Gasteiger partial charge on any atom is -0.286 e. The Morgan fingerprint density at radius 2 is 2.20 bits per heavy atom. The first-order valence-corrected chi connectivity index (χ1v) is 3.47. The molecule has 1 aliphatic heterocycles. The van der Waals surface area contributed by atoms with E-state index in [0.29, 0.717) is 11.7 Å². The highest BCUT2D eigenvalue weighted by Gasteiger charge is 2.07. The molecule has 0 spiro atoms. The molecule has 0 unspecified atom stereocenters. The molecule has 0 radical (unpaired) electrons. The predicted molar refractivity (Wildman–Crippen MR) is 42.3 cm³/mol. The lowest BCUT2D eigenvalue weighted by atomic mass is 10.1. The van der Waals surface area contributed by atoms with Gasteiger partial charge >= 0.3 is 0 Å². The van der Waals surface area contributed by atoms with Crippen LogP contribution in [-0.4, -0.2) is 5.84 Å². The van der Waals surface area contributed by atoms with Crippen molar-refractivity contribution in [3.63, 3.8) is 0 Å². The van der Waals surface area contributed by atoms with Crippen LogP contribution in [0.3, 0.4) is 0 Å². The summed E-state index contributed by atoms with van der Waals surface area (Å²) >= 11 is 0. The van der Waals surface area contributed by atoms with Crippen molar-refractivity contribution in [2.24, 2.45) is 10.9 Å². The fourth-order valence-corrected chi connectivity index (χ4v) is 0.846. The van der Waals surface area contributed by atoms with Gasteiger partial charge in [-0.3, -0.25) is 10.9 Å². The zero-order valence-electron chi connectivity index (χ0n) is 6.44. The molecular formula is C7H13N3. The summed E-state index contributed by atoms with van der Waals surface area (Å²) < 4.78 is 0. The molecule has 0 fully saturated rings. The lowest BCUT2D eigenvalue weighted by molar-refractivity contribution is 0.666. The quantitative estimate of drug-likeness (QED) is 0.599. The van der Waals surface area contributed by atoms with Gasteiger partial charge < -0.3 is 0 Å². The van der Waals surface area contributed by atoms with Crippen LogP contribution in [0.1, 0.15) is 20.3 Å². The van der Waals surface area contributed by atoms with Crippen molar-refractivity contribution in [2.75, 3.05) is 0 Å². The Bertz CT molecular complexity index is 170. The first-order chi connectivity index (χ1) is 4.68. The molecule has 1 rings (SSSR count). The van der Waals surface area contributed by atoms with E-state index in [4.69, 9.17) is 0 Å². The molecule has 2 N–H and O–H groups in total. The van der Waals surface area contributed by atoms with Crippen molar-refractivity contribution < 1.29 is 0 Å². The van der Waals surface area contributed by atoms with Crippen molar-refractivity contribution >= 4 is 5.84 Å². The minimum absolute atomic E-state index is 0.638. The minimum atomic E-state index is 0.638. The summed E-state index contributed by atoms with van der Waals surface area (Å²) in [4.78, 5) is 4.13. The fourth-order valence-electron chi connectivity index (χ4n) is 0.846. The largest absolute Gasteiger partial charge is 0.286 e. The van der Waals surface area contributed by atoms with Gasteiger partial charge in [0.25, 0.3) is 0 Å². The summed E-state index contributed by atoms with van der Waals surface area (Å²) in [5, 5.41) is 0. The van der Waals surface area contributed by atoms with Crippen LogP contribution in [0.2, 0.25) is 0 Å². The standard InChI is InChI=1S/C7H13N3/c1-5(2)4-7-8-6(3)9-10-7/h5,9H,3-4H2,1-2H3,(H,8,10). The summed E-state index contributed by atoms with van der Waals surface area (Å²) in [7, 11) is 0. The first kappa shape index (κ1) is 7.12. The maximum atomic E-state index is 4.13. The van der Waals surface area contributed by atoms with Gasteiger partial charge in [-0.15, -0.1) is 0 Å². The molecule has 56 valence electrons. The molecule has 0 aromatic carbocycles. The van der Waals surface area contributed by atoms with Gasteiger partial charge in [-0.05, 0) is 5.92 Å². The van der Waals surface area contributed by atoms with Crippen LogP contribution < -0.4 is 10.9 Å². The first-order valence-electron chi connectivity index (χ1n) is 3.47. The Kier molecular flexibility index (Phi) is 1.94. The number of rotatable bonds is 2. The highest BCUT2D eigenvalue weighted by molar-refractivity contribution is 5.84. The number of hydrazine groups is 1. The molecule has 0 atom stereocenters. The molecule has 0 amide bonds. The average molecular weight is 139 g/mol. The van der Waals surface area contributed by atoms with Gasteiger partial charge in [0.05, 0.1) is 0 Å². The second kappa shape index (κ2) is 2.73. The smallest absolute Gasteiger partial charge is 0.139 e. The molecule has 1 heterocycles. The number of hydrogen-bond donors (Lipinski definition) is 2. The van der Waals surface area contributed by atoms with Crippen molar-refractivity contribution in [2.45, 2.75) is 20.3 Å².